The lowest BCUT2D eigenvalue weighted by atomic mass is 10.1. The molecule has 4 nitrogen and oxygen atoms in total. The number of amides is 1. The molecule has 0 bridgehead atoms. The largest absolute Gasteiger partial charge is 0.496 e. The van der Waals surface area contributed by atoms with Crippen LogP contribution in [0.25, 0.3) is 0 Å². The number of halogens is 1. The van der Waals surface area contributed by atoms with Gasteiger partial charge in [0.25, 0.3) is 0 Å². The van der Waals surface area contributed by atoms with Crippen molar-refractivity contribution in [3.05, 3.63) is 28.3 Å². The molecule has 1 aromatic carbocycles. The first kappa shape index (κ1) is 16.1. The van der Waals surface area contributed by atoms with Crippen LogP contribution in [0.15, 0.2) is 12.1 Å². The maximum absolute atomic E-state index is 12.4. The van der Waals surface area contributed by atoms with Crippen LogP contribution in [-0.4, -0.2) is 55.5 Å². The molecule has 1 amide bonds. The van der Waals surface area contributed by atoms with Crippen molar-refractivity contribution < 1.29 is 9.53 Å². The van der Waals surface area contributed by atoms with Gasteiger partial charge in [0, 0.05) is 36.8 Å². The molecular weight excluding hydrogens is 288 g/mol. The number of hydrogen-bond donors (Lipinski definition) is 0. The van der Waals surface area contributed by atoms with Gasteiger partial charge in [-0.1, -0.05) is 18.5 Å². The fraction of sp³-hybridized carbons (Fsp3) is 0.562. The van der Waals surface area contributed by atoms with Gasteiger partial charge in [0.15, 0.2) is 0 Å². The smallest absolute Gasteiger partial charge is 0.227 e. The van der Waals surface area contributed by atoms with Gasteiger partial charge in [0.05, 0.1) is 13.5 Å². The summed E-state index contributed by atoms with van der Waals surface area (Å²) < 4.78 is 5.37. The standard InChI is InChI=1S/C16H23ClN2O2/c1-4-18-5-7-19(8-6-18)16(20)11-13-10-14(17)12(2)9-15(13)21-3/h9-10H,4-8,11H2,1-3H3. The summed E-state index contributed by atoms with van der Waals surface area (Å²) in [5.74, 6) is 0.876. The van der Waals surface area contributed by atoms with E-state index in [4.69, 9.17) is 16.3 Å². The van der Waals surface area contributed by atoms with Crippen LogP contribution in [0.3, 0.4) is 0 Å². The minimum absolute atomic E-state index is 0.143. The number of rotatable bonds is 4. The first-order valence-corrected chi connectivity index (χ1v) is 7.76. The molecule has 0 unspecified atom stereocenters. The van der Waals surface area contributed by atoms with Crippen molar-refractivity contribution in [3.8, 4) is 5.75 Å². The number of hydrogen-bond acceptors (Lipinski definition) is 3. The van der Waals surface area contributed by atoms with Crippen molar-refractivity contribution in [3.63, 3.8) is 0 Å². The number of carbonyl (C=O) groups is 1. The SMILES string of the molecule is CCN1CCN(C(=O)Cc2cc(Cl)c(C)cc2OC)CC1. The van der Waals surface area contributed by atoms with Crippen LogP contribution in [0.4, 0.5) is 0 Å². The zero-order valence-electron chi connectivity index (χ0n) is 13.0. The van der Waals surface area contributed by atoms with E-state index in [9.17, 15) is 4.79 Å². The number of aryl methyl sites for hydroxylation is 1. The second-order valence-corrected chi connectivity index (χ2v) is 5.81. The molecular formula is C16H23ClN2O2. The van der Waals surface area contributed by atoms with E-state index in [0.717, 1.165) is 49.6 Å². The maximum Gasteiger partial charge on any atom is 0.227 e. The summed E-state index contributed by atoms with van der Waals surface area (Å²) in [5.41, 5.74) is 1.82. The molecule has 1 saturated heterocycles. The van der Waals surface area contributed by atoms with E-state index >= 15 is 0 Å². The molecule has 0 saturated carbocycles. The maximum atomic E-state index is 12.4. The highest BCUT2D eigenvalue weighted by Crippen LogP contribution is 2.27. The van der Waals surface area contributed by atoms with E-state index in [1.54, 1.807) is 7.11 Å². The molecule has 0 N–H and O–H groups in total. The fourth-order valence-corrected chi connectivity index (χ4v) is 2.80. The van der Waals surface area contributed by atoms with Gasteiger partial charge in [-0.25, -0.2) is 0 Å². The molecule has 0 aromatic heterocycles. The molecule has 116 valence electrons. The van der Waals surface area contributed by atoms with Gasteiger partial charge in [-0.15, -0.1) is 0 Å². The van der Waals surface area contributed by atoms with Gasteiger partial charge in [-0.2, -0.15) is 0 Å². The van der Waals surface area contributed by atoms with Gasteiger partial charge in [0.2, 0.25) is 5.91 Å². The third-order valence-electron chi connectivity index (χ3n) is 4.08. The van der Waals surface area contributed by atoms with Crippen LogP contribution in [-0.2, 0) is 11.2 Å². The van der Waals surface area contributed by atoms with E-state index in [1.165, 1.54) is 0 Å². The monoisotopic (exact) mass is 310 g/mol. The van der Waals surface area contributed by atoms with Crippen LogP contribution in [0.1, 0.15) is 18.1 Å². The summed E-state index contributed by atoms with van der Waals surface area (Å²) in [5, 5.41) is 0.675. The van der Waals surface area contributed by atoms with E-state index in [0.29, 0.717) is 11.4 Å². The van der Waals surface area contributed by atoms with Gasteiger partial charge < -0.3 is 14.5 Å². The van der Waals surface area contributed by atoms with E-state index in [-0.39, 0.29) is 5.91 Å². The Morgan fingerprint density at radius 3 is 2.52 bits per heavy atom. The lowest BCUT2D eigenvalue weighted by Gasteiger charge is -2.34. The van der Waals surface area contributed by atoms with Crippen LogP contribution in [0.5, 0.6) is 5.75 Å². The number of carbonyl (C=O) groups excluding carboxylic acids is 1. The number of ether oxygens (including phenoxy) is 1. The van der Waals surface area contributed by atoms with E-state index < -0.39 is 0 Å². The third kappa shape index (κ3) is 3.89. The molecule has 0 atom stereocenters. The van der Waals surface area contributed by atoms with Crippen molar-refractivity contribution in [1.82, 2.24) is 9.80 Å². The van der Waals surface area contributed by atoms with Crippen molar-refractivity contribution in [2.45, 2.75) is 20.3 Å². The molecule has 0 aliphatic carbocycles. The summed E-state index contributed by atoms with van der Waals surface area (Å²) >= 11 is 6.16. The van der Waals surface area contributed by atoms with Crippen molar-refractivity contribution in [1.29, 1.82) is 0 Å². The lowest BCUT2D eigenvalue weighted by molar-refractivity contribution is -0.132. The summed E-state index contributed by atoms with van der Waals surface area (Å²) in [4.78, 5) is 16.7. The zero-order valence-corrected chi connectivity index (χ0v) is 13.7. The van der Waals surface area contributed by atoms with Gasteiger partial charge >= 0.3 is 0 Å². The predicted octanol–water partition coefficient (Wildman–Crippen LogP) is 2.36. The Morgan fingerprint density at radius 2 is 1.95 bits per heavy atom. The Morgan fingerprint density at radius 1 is 1.29 bits per heavy atom. The molecule has 1 aliphatic heterocycles. The second kappa shape index (κ2) is 7.14. The van der Waals surface area contributed by atoms with Crippen LogP contribution >= 0.6 is 11.6 Å². The minimum atomic E-state index is 0.143. The molecule has 5 heteroatoms. The first-order chi connectivity index (χ1) is 10.0. The van der Waals surface area contributed by atoms with Crippen LogP contribution < -0.4 is 4.74 Å². The highest BCUT2D eigenvalue weighted by atomic mass is 35.5. The van der Waals surface area contributed by atoms with Crippen molar-refractivity contribution >= 4 is 17.5 Å². The van der Waals surface area contributed by atoms with Gasteiger partial charge in [0.1, 0.15) is 5.75 Å². The van der Waals surface area contributed by atoms with Crippen molar-refractivity contribution in [2.75, 3.05) is 39.8 Å². The van der Waals surface area contributed by atoms with Gasteiger partial charge in [-0.05, 0) is 31.2 Å². The number of piperazine rings is 1. The second-order valence-electron chi connectivity index (χ2n) is 5.41. The molecule has 2 rings (SSSR count). The number of nitrogens with zero attached hydrogens (tertiary/aromatic N) is 2. The molecule has 0 radical (unpaired) electrons. The Hall–Kier alpha value is -1.26. The molecule has 1 fully saturated rings. The van der Waals surface area contributed by atoms with Crippen LogP contribution in [0.2, 0.25) is 5.02 Å². The topological polar surface area (TPSA) is 32.8 Å². The number of methoxy groups -OCH3 is 1. The average Bonchev–Trinajstić information content (AvgIpc) is 2.50. The van der Waals surface area contributed by atoms with Gasteiger partial charge in [-0.3, -0.25) is 4.79 Å². The molecule has 21 heavy (non-hydrogen) atoms. The van der Waals surface area contributed by atoms with E-state index in [1.807, 2.05) is 24.0 Å². The quantitative estimate of drug-likeness (QED) is 0.856. The highest BCUT2D eigenvalue weighted by Gasteiger charge is 2.21. The Labute approximate surface area is 131 Å². The Kier molecular flexibility index (Phi) is 5.48. The minimum Gasteiger partial charge on any atom is -0.496 e. The zero-order chi connectivity index (χ0) is 15.4. The fourth-order valence-electron chi connectivity index (χ4n) is 2.61. The summed E-state index contributed by atoms with van der Waals surface area (Å²) in [6, 6.07) is 3.73. The lowest BCUT2D eigenvalue weighted by Crippen LogP contribution is -2.48. The number of benzene rings is 1. The predicted molar refractivity (Wildman–Crippen MR) is 85.1 cm³/mol. The summed E-state index contributed by atoms with van der Waals surface area (Å²) in [6.45, 7) is 8.63. The van der Waals surface area contributed by atoms with Crippen molar-refractivity contribution in [2.24, 2.45) is 0 Å². The number of likely N-dealkylation sites (N-methyl/N-ethyl adjacent to an activating group) is 1. The van der Waals surface area contributed by atoms with E-state index in [2.05, 4.69) is 11.8 Å². The molecule has 1 aromatic rings. The normalized spacial score (nSPS) is 16.1. The third-order valence-corrected chi connectivity index (χ3v) is 4.48. The summed E-state index contributed by atoms with van der Waals surface area (Å²) in [6.07, 6.45) is 0.343. The molecule has 1 aliphatic rings. The molecule has 0 spiro atoms. The highest BCUT2D eigenvalue weighted by molar-refractivity contribution is 6.31. The summed E-state index contributed by atoms with van der Waals surface area (Å²) in [7, 11) is 1.62. The Bertz CT molecular complexity index is 511. The first-order valence-electron chi connectivity index (χ1n) is 7.38. The average molecular weight is 311 g/mol. The molecule has 1 heterocycles. The van der Waals surface area contributed by atoms with Crippen LogP contribution in [0, 0.1) is 6.92 Å². The Balaban J connectivity index is 2.04.